The summed E-state index contributed by atoms with van der Waals surface area (Å²) >= 11 is 0. The number of nitrogens with one attached hydrogen (secondary N) is 1. The number of nitrogens with zero attached hydrogens (tertiary/aromatic N) is 2. The first-order valence-corrected chi connectivity index (χ1v) is 13.7. The van der Waals surface area contributed by atoms with Gasteiger partial charge in [-0.25, -0.2) is 8.42 Å². The van der Waals surface area contributed by atoms with Crippen molar-refractivity contribution in [1.82, 2.24) is 14.5 Å². The summed E-state index contributed by atoms with van der Waals surface area (Å²) in [7, 11) is -2.27. The maximum absolute atomic E-state index is 13.4. The fourth-order valence-electron chi connectivity index (χ4n) is 4.79. The highest BCUT2D eigenvalue weighted by atomic mass is 32.2. The fraction of sp³-hybridized carbons (Fsp3) is 0.500. The van der Waals surface area contributed by atoms with Crippen molar-refractivity contribution in [2.24, 2.45) is 0 Å². The third kappa shape index (κ3) is 5.98. The zero-order valence-electron chi connectivity index (χ0n) is 19.9. The number of ether oxygens (including phenoxy) is 1. The van der Waals surface area contributed by atoms with Gasteiger partial charge in [-0.05, 0) is 49.4 Å². The summed E-state index contributed by atoms with van der Waals surface area (Å²) in [6.45, 7) is 3.75. The molecule has 2 aliphatic heterocycles. The van der Waals surface area contributed by atoms with Gasteiger partial charge in [0.1, 0.15) is 10.6 Å². The molecular weight excluding hydrogens is 450 g/mol. The van der Waals surface area contributed by atoms with E-state index in [4.69, 9.17) is 4.74 Å². The predicted molar refractivity (Wildman–Crippen MR) is 132 cm³/mol. The summed E-state index contributed by atoms with van der Waals surface area (Å²) in [5.74, 6) is 0.0338. The molecule has 2 aliphatic rings. The molecule has 2 saturated heterocycles. The van der Waals surface area contributed by atoms with Crippen LogP contribution in [0.4, 0.5) is 0 Å². The van der Waals surface area contributed by atoms with E-state index < -0.39 is 10.0 Å². The average Bonchev–Trinajstić information content (AvgIpc) is 3.16. The second-order valence-corrected chi connectivity index (χ2v) is 11.1. The van der Waals surface area contributed by atoms with Gasteiger partial charge in [-0.2, -0.15) is 4.31 Å². The van der Waals surface area contributed by atoms with E-state index in [1.807, 2.05) is 6.07 Å². The Kier molecular flexibility index (Phi) is 8.24. The Balaban J connectivity index is 1.41. The third-order valence-corrected chi connectivity index (χ3v) is 8.70. The first-order valence-electron chi connectivity index (χ1n) is 12.2. The molecule has 8 heteroatoms. The molecule has 2 heterocycles. The van der Waals surface area contributed by atoms with Gasteiger partial charge in [0, 0.05) is 44.3 Å². The molecule has 7 nitrogen and oxygen atoms in total. The molecule has 184 valence electrons. The lowest BCUT2D eigenvalue weighted by molar-refractivity contribution is 0.0908. The lowest BCUT2D eigenvalue weighted by Crippen LogP contribution is -2.44. The Morgan fingerprint density at radius 3 is 2.29 bits per heavy atom. The predicted octanol–water partition coefficient (Wildman–Crippen LogP) is 3.65. The van der Waals surface area contributed by atoms with Gasteiger partial charge in [-0.1, -0.05) is 43.2 Å². The molecule has 0 aromatic heterocycles. The quantitative estimate of drug-likeness (QED) is 0.648. The number of amides is 1. The Morgan fingerprint density at radius 2 is 1.65 bits per heavy atom. The van der Waals surface area contributed by atoms with Crippen LogP contribution in [-0.4, -0.2) is 62.9 Å². The molecule has 0 atom stereocenters. The Labute approximate surface area is 203 Å². The molecular formula is C26H35N3O4S. The monoisotopic (exact) mass is 485 g/mol. The Bertz CT molecular complexity index is 1060. The van der Waals surface area contributed by atoms with Crippen molar-refractivity contribution in [2.45, 2.75) is 56.0 Å². The summed E-state index contributed by atoms with van der Waals surface area (Å²) < 4.78 is 33.6. The number of piperidine rings is 1. The summed E-state index contributed by atoms with van der Waals surface area (Å²) in [4.78, 5) is 15.5. The summed E-state index contributed by atoms with van der Waals surface area (Å²) in [6, 6.07) is 15.2. The molecule has 1 amide bonds. The molecule has 2 aromatic carbocycles. The van der Waals surface area contributed by atoms with E-state index in [2.05, 4.69) is 34.5 Å². The second kappa shape index (κ2) is 11.3. The molecule has 0 unspecified atom stereocenters. The maximum atomic E-state index is 13.4. The molecule has 0 spiro atoms. The Morgan fingerprint density at radius 1 is 0.971 bits per heavy atom. The highest BCUT2D eigenvalue weighted by Crippen LogP contribution is 2.29. The molecule has 4 rings (SSSR count). The Hall–Kier alpha value is -2.42. The van der Waals surface area contributed by atoms with Crippen LogP contribution in [0.25, 0.3) is 0 Å². The van der Waals surface area contributed by atoms with Crippen LogP contribution in [-0.2, 0) is 16.6 Å². The van der Waals surface area contributed by atoms with Gasteiger partial charge in [-0.3, -0.25) is 9.69 Å². The summed E-state index contributed by atoms with van der Waals surface area (Å²) in [6.07, 6.45) is 5.52. The highest BCUT2D eigenvalue weighted by molar-refractivity contribution is 7.89. The number of benzene rings is 2. The minimum absolute atomic E-state index is 0.0715. The first-order chi connectivity index (χ1) is 16.5. The highest BCUT2D eigenvalue weighted by Gasteiger charge is 2.29. The van der Waals surface area contributed by atoms with E-state index in [0.29, 0.717) is 18.7 Å². The molecule has 1 N–H and O–H groups in total. The number of carbonyl (C=O) groups is 1. The van der Waals surface area contributed by atoms with E-state index in [1.165, 1.54) is 23.0 Å². The van der Waals surface area contributed by atoms with Gasteiger partial charge in [0.05, 0.1) is 7.11 Å². The summed E-state index contributed by atoms with van der Waals surface area (Å²) in [5, 5.41) is 3.11. The molecule has 34 heavy (non-hydrogen) atoms. The maximum Gasteiger partial charge on any atom is 0.251 e. The van der Waals surface area contributed by atoms with Crippen LogP contribution < -0.4 is 10.1 Å². The standard InChI is InChI=1S/C26H35N3O4S/c1-33-24-12-11-22(19-25(24)34(31,32)29-15-7-2-3-8-16-29)26(30)27-23-13-17-28(18-14-23)20-21-9-5-4-6-10-21/h4-6,9-12,19,23H,2-3,7-8,13-18,20H2,1H3,(H,27,30). The van der Waals surface area contributed by atoms with E-state index in [1.54, 1.807) is 12.1 Å². The van der Waals surface area contributed by atoms with Crippen LogP contribution in [0.2, 0.25) is 0 Å². The van der Waals surface area contributed by atoms with Crippen molar-refractivity contribution in [2.75, 3.05) is 33.3 Å². The van der Waals surface area contributed by atoms with Gasteiger partial charge in [0.15, 0.2) is 0 Å². The van der Waals surface area contributed by atoms with Gasteiger partial charge in [-0.15, -0.1) is 0 Å². The van der Waals surface area contributed by atoms with Gasteiger partial charge in [0.25, 0.3) is 5.91 Å². The van der Waals surface area contributed by atoms with Crippen molar-refractivity contribution in [1.29, 1.82) is 0 Å². The van der Waals surface area contributed by atoms with Gasteiger partial charge in [0.2, 0.25) is 10.0 Å². The normalized spacial score (nSPS) is 18.9. The van der Waals surface area contributed by atoms with E-state index in [9.17, 15) is 13.2 Å². The zero-order chi connectivity index (χ0) is 24.0. The van der Waals surface area contributed by atoms with Crippen molar-refractivity contribution >= 4 is 15.9 Å². The fourth-order valence-corrected chi connectivity index (χ4v) is 6.49. The van der Waals surface area contributed by atoms with Crippen LogP contribution >= 0.6 is 0 Å². The molecule has 0 aliphatic carbocycles. The third-order valence-electron chi connectivity index (χ3n) is 6.78. The topological polar surface area (TPSA) is 79.0 Å². The van der Waals surface area contributed by atoms with Crippen molar-refractivity contribution in [3.05, 3.63) is 59.7 Å². The van der Waals surface area contributed by atoms with Crippen molar-refractivity contribution in [3.63, 3.8) is 0 Å². The number of likely N-dealkylation sites (tertiary alicyclic amines) is 1. The van der Waals surface area contributed by atoms with Crippen LogP contribution in [0, 0.1) is 0 Å². The molecule has 0 radical (unpaired) electrons. The number of rotatable bonds is 7. The number of methoxy groups -OCH3 is 1. The summed E-state index contributed by atoms with van der Waals surface area (Å²) in [5.41, 5.74) is 1.64. The van der Waals surface area contributed by atoms with Crippen molar-refractivity contribution in [3.8, 4) is 5.75 Å². The van der Waals surface area contributed by atoms with Gasteiger partial charge < -0.3 is 10.1 Å². The smallest absolute Gasteiger partial charge is 0.251 e. The van der Waals surface area contributed by atoms with Crippen LogP contribution in [0.3, 0.4) is 0 Å². The number of hydrogen-bond donors (Lipinski definition) is 1. The molecule has 0 bridgehead atoms. The molecule has 2 fully saturated rings. The number of sulfonamides is 1. The van der Waals surface area contributed by atoms with Crippen molar-refractivity contribution < 1.29 is 17.9 Å². The van der Waals surface area contributed by atoms with E-state index in [-0.39, 0.29) is 22.6 Å². The number of carbonyl (C=O) groups excluding carboxylic acids is 1. The largest absolute Gasteiger partial charge is 0.495 e. The van der Waals surface area contributed by atoms with Crippen LogP contribution in [0.15, 0.2) is 53.4 Å². The van der Waals surface area contributed by atoms with Crippen LogP contribution in [0.5, 0.6) is 5.75 Å². The number of hydrogen-bond acceptors (Lipinski definition) is 5. The lowest BCUT2D eigenvalue weighted by atomic mass is 10.0. The average molecular weight is 486 g/mol. The van der Waals surface area contributed by atoms with Crippen LogP contribution in [0.1, 0.15) is 54.4 Å². The zero-order valence-corrected chi connectivity index (χ0v) is 20.7. The van der Waals surface area contributed by atoms with E-state index >= 15 is 0 Å². The SMILES string of the molecule is COc1ccc(C(=O)NC2CCN(Cc3ccccc3)CC2)cc1S(=O)(=O)N1CCCCCC1. The lowest BCUT2D eigenvalue weighted by Gasteiger charge is -2.32. The molecule has 0 saturated carbocycles. The first kappa shape index (κ1) is 24.7. The minimum Gasteiger partial charge on any atom is -0.495 e. The molecule has 2 aromatic rings. The minimum atomic E-state index is -3.73. The van der Waals surface area contributed by atoms with E-state index in [0.717, 1.165) is 58.2 Å². The van der Waals surface area contributed by atoms with Gasteiger partial charge >= 0.3 is 0 Å². The second-order valence-electron chi connectivity index (χ2n) is 9.19.